The zero-order valence-electron chi connectivity index (χ0n) is 12.4. The number of aromatic nitrogens is 1. The fourth-order valence-electron chi connectivity index (χ4n) is 2.54. The molecule has 0 unspecified atom stereocenters. The first-order valence-electron chi connectivity index (χ1n) is 6.98. The van der Waals surface area contributed by atoms with Crippen molar-refractivity contribution in [3.05, 3.63) is 69.4 Å². The van der Waals surface area contributed by atoms with Crippen LogP contribution < -0.4 is 10.3 Å². The Bertz CT molecular complexity index is 969. The molecule has 6 heteroatoms. The smallest absolute Gasteiger partial charge is 0.490 e. The van der Waals surface area contributed by atoms with Crippen molar-refractivity contribution < 1.29 is 9.84 Å². The van der Waals surface area contributed by atoms with Crippen LogP contribution in [0.25, 0.3) is 15.9 Å². The van der Waals surface area contributed by atoms with Crippen LogP contribution in [0.4, 0.5) is 5.69 Å². The van der Waals surface area contributed by atoms with E-state index in [4.69, 9.17) is 10.1 Å². The lowest BCUT2D eigenvalue weighted by molar-refractivity contribution is 0.414. The van der Waals surface area contributed by atoms with Crippen LogP contribution in [0.2, 0.25) is 0 Å². The number of diazo groups is 1. The van der Waals surface area contributed by atoms with Crippen molar-refractivity contribution in [1.82, 2.24) is 4.57 Å². The molecule has 3 aromatic rings. The number of aromatic hydroxyl groups is 1. The molecular weight excluding hydrogens is 294 g/mol. The van der Waals surface area contributed by atoms with Gasteiger partial charge in [-0.15, -0.1) is 0 Å². The summed E-state index contributed by atoms with van der Waals surface area (Å²) in [7, 11) is 1.59. The van der Waals surface area contributed by atoms with Crippen molar-refractivity contribution in [3.8, 4) is 11.5 Å². The maximum absolute atomic E-state index is 12.5. The summed E-state index contributed by atoms with van der Waals surface area (Å²) < 4.78 is 6.58. The van der Waals surface area contributed by atoms with E-state index in [1.54, 1.807) is 43.5 Å². The van der Waals surface area contributed by atoms with Gasteiger partial charge in [0.15, 0.2) is 4.98 Å². The topological polar surface area (TPSA) is 79.6 Å². The second-order valence-electron chi connectivity index (χ2n) is 5.05. The van der Waals surface area contributed by atoms with Gasteiger partial charge in [-0.25, -0.2) is 0 Å². The summed E-state index contributed by atoms with van der Waals surface area (Å²) in [5, 5.41) is 19.6. The molecular formula is C17H14N3O3+. The Kier molecular flexibility index (Phi) is 3.69. The van der Waals surface area contributed by atoms with Crippen molar-refractivity contribution in [2.24, 2.45) is 0 Å². The highest BCUT2D eigenvalue weighted by atomic mass is 16.5. The molecule has 0 amide bonds. The number of rotatable bonds is 3. The zero-order chi connectivity index (χ0) is 16.4. The second kappa shape index (κ2) is 5.81. The lowest BCUT2D eigenvalue weighted by Gasteiger charge is -2.10. The molecule has 23 heavy (non-hydrogen) atoms. The molecule has 6 nitrogen and oxygen atoms in total. The van der Waals surface area contributed by atoms with Gasteiger partial charge >= 0.3 is 11.2 Å². The van der Waals surface area contributed by atoms with Crippen LogP contribution in [0.3, 0.4) is 0 Å². The van der Waals surface area contributed by atoms with E-state index >= 15 is 0 Å². The summed E-state index contributed by atoms with van der Waals surface area (Å²) in [4.78, 5) is 15.4. The molecule has 0 saturated carbocycles. The van der Waals surface area contributed by atoms with Gasteiger partial charge in [-0.3, -0.25) is 9.36 Å². The minimum Gasteiger partial charge on any atom is -0.501 e. The lowest BCUT2D eigenvalue weighted by Crippen LogP contribution is -2.20. The molecule has 2 aromatic carbocycles. The molecule has 0 aliphatic heterocycles. The Balaban J connectivity index is 2.20. The average Bonchev–Trinajstić information content (AvgIpc) is 2.59. The molecule has 0 aliphatic rings. The standard InChI is InChI=1S/C17H13N3O3/c1-23-12-8-6-11(7-9-12)10-20-14-5-3-2-4-13(14)16(21)15(19-18)17(20)22/h2-9H,10H2,1H3/p+1. The Morgan fingerprint density at radius 2 is 1.87 bits per heavy atom. The highest BCUT2D eigenvalue weighted by Crippen LogP contribution is 2.31. The predicted octanol–water partition coefficient (Wildman–Crippen LogP) is 3.25. The number of para-hydroxylation sites is 1. The van der Waals surface area contributed by atoms with Gasteiger partial charge in [-0.2, -0.15) is 0 Å². The molecule has 0 atom stereocenters. The summed E-state index contributed by atoms with van der Waals surface area (Å²) in [6, 6.07) is 14.2. The minimum absolute atomic E-state index is 0.284. The van der Waals surface area contributed by atoms with Crippen molar-refractivity contribution in [2.75, 3.05) is 7.11 Å². The van der Waals surface area contributed by atoms with Gasteiger partial charge in [0.25, 0.3) is 0 Å². The molecule has 3 rings (SSSR count). The number of methoxy groups -OCH3 is 1. The SMILES string of the molecule is COc1ccc(Cn2c(=O)c([N+]#N)c(O)c3ccccc32)cc1. The van der Waals surface area contributed by atoms with Crippen LogP contribution in [0.15, 0.2) is 53.3 Å². The van der Waals surface area contributed by atoms with Crippen LogP contribution >= 0.6 is 0 Å². The summed E-state index contributed by atoms with van der Waals surface area (Å²) in [5.74, 6) is 0.404. The van der Waals surface area contributed by atoms with E-state index in [0.717, 1.165) is 11.3 Å². The zero-order valence-corrected chi connectivity index (χ0v) is 12.4. The van der Waals surface area contributed by atoms with Crippen molar-refractivity contribution in [3.63, 3.8) is 0 Å². The van der Waals surface area contributed by atoms with Crippen molar-refractivity contribution in [2.45, 2.75) is 6.54 Å². The highest BCUT2D eigenvalue weighted by molar-refractivity contribution is 5.90. The lowest BCUT2D eigenvalue weighted by atomic mass is 10.1. The maximum atomic E-state index is 12.5. The van der Waals surface area contributed by atoms with Gasteiger partial charge in [0.1, 0.15) is 5.75 Å². The molecule has 1 heterocycles. The number of nitrogens with zero attached hydrogens (tertiary/aromatic N) is 3. The van der Waals surface area contributed by atoms with Crippen LogP contribution in [0.1, 0.15) is 5.56 Å². The molecule has 0 radical (unpaired) electrons. The molecule has 0 aliphatic carbocycles. The van der Waals surface area contributed by atoms with Crippen LogP contribution in [0.5, 0.6) is 11.5 Å². The number of fused-ring (bicyclic) bond motifs is 1. The van der Waals surface area contributed by atoms with E-state index in [0.29, 0.717) is 10.9 Å². The first-order valence-corrected chi connectivity index (χ1v) is 6.98. The Morgan fingerprint density at radius 1 is 1.17 bits per heavy atom. The van der Waals surface area contributed by atoms with E-state index < -0.39 is 5.56 Å². The monoisotopic (exact) mass is 308 g/mol. The molecule has 0 spiro atoms. The molecule has 1 N–H and O–H groups in total. The van der Waals surface area contributed by atoms with E-state index in [1.165, 1.54) is 4.57 Å². The molecule has 0 bridgehead atoms. The Morgan fingerprint density at radius 3 is 2.52 bits per heavy atom. The maximum Gasteiger partial charge on any atom is 0.490 e. The van der Waals surface area contributed by atoms with Crippen LogP contribution in [0, 0.1) is 5.39 Å². The van der Waals surface area contributed by atoms with E-state index in [2.05, 4.69) is 4.98 Å². The number of hydrogen-bond donors (Lipinski definition) is 1. The minimum atomic E-state index is -0.556. The fourth-order valence-corrected chi connectivity index (χ4v) is 2.54. The summed E-state index contributed by atoms with van der Waals surface area (Å²) in [6.45, 7) is 0.284. The van der Waals surface area contributed by atoms with Crippen LogP contribution in [-0.2, 0) is 6.54 Å². The van der Waals surface area contributed by atoms with Crippen molar-refractivity contribution in [1.29, 1.82) is 5.39 Å². The number of pyridine rings is 1. The third-order valence-electron chi connectivity index (χ3n) is 3.72. The second-order valence-corrected chi connectivity index (χ2v) is 5.05. The first-order chi connectivity index (χ1) is 11.2. The molecule has 114 valence electrons. The van der Waals surface area contributed by atoms with E-state index in [1.807, 2.05) is 12.1 Å². The van der Waals surface area contributed by atoms with Gasteiger partial charge in [0.05, 0.1) is 19.2 Å². The van der Waals surface area contributed by atoms with Gasteiger partial charge in [0.2, 0.25) is 11.1 Å². The van der Waals surface area contributed by atoms with E-state index in [9.17, 15) is 9.90 Å². The van der Waals surface area contributed by atoms with Gasteiger partial charge in [-0.05, 0) is 29.8 Å². The Hall–Kier alpha value is -3.33. The molecule has 1 aromatic heterocycles. The fraction of sp³-hybridized carbons (Fsp3) is 0.118. The average molecular weight is 308 g/mol. The summed E-state index contributed by atoms with van der Waals surface area (Å²) in [6.07, 6.45) is 0. The molecule has 0 fully saturated rings. The third-order valence-corrected chi connectivity index (χ3v) is 3.72. The number of benzene rings is 2. The summed E-state index contributed by atoms with van der Waals surface area (Å²) in [5.41, 5.74) is 0.530. The summed E-state index contributed by atoms with van der Waals surface area (Å²) >= 11 is 0. The number of hydrogen-bond acceptors (Lipinski definition) is 4. The normalized spacial score (nSPS) is 10.4. The van der Waals surface area contributed by atoms with Crippen LogP contribution in [-0.4, -0.2) is 16.8 Å². The largest absolute Gasteiger partial charge is 0.501 e. The van der Waals surface area contributed by atoms with Crippen molar-refractivity contribution >= 4 is 16.6 Å². The third kappa shape index (κ3) is 2.49. The number of ether oxygens (including phenoxy) is 1. The quantitative estimate of drug-likeness (QED) is 0.753. The van der Waals surface area contributed by atoms with Gasteiger partial charge in [-0.1, -0.05) is 24.3 Å². The van der Waals surface area contributed by atoms with E-state index in [-0.39, 0.29) is 18.0 Å². The van der Waals surface area contributed by atoms with Gasteiger partial charge < -0.3 is 9.84 Å². The molecule has 0 saturated heterocycles. The predicted molar refractivity (Wildman–Crippen MR) is 86.7 cm³/mol. The first kappa shape index (κ1) is 14.6. The van der Waals surface area contributed by atoms with Gasteiger partial charge in [0, 0.05) is 5.39 Å². The Labute approximate surface area is 131 Å². The highest BCUT2D eigenvalue weighted by Gasteiger charge is 2.25.